The molecule has 4 heteroatoms. The number of isocyanates is 1. The first kappa shape index (κ1) is 12.1. The van der Waals surface area contributed by atoms with E-state index in [2.05, 4.69) is 20.9 Å². The SMILES string of the molecule is CC(C)(F)c1ccc(CN=C=O)cc1Br. The van der Waals surface area contributed by atoms with Gasteiger partial charge in [0, 0.05) is 10.0 Å². The Balaban J connectivity index is 3.03. The Morgan fingerprint density at radius 3 is 2.67 bits per heavy atom. The van der Waals surface area contributed by atoms with Crippen LogP contribution in [0, 0.1) is 0 Å². The second kappa shape index (κ2) is 4.69. The van der Waals surface area contributed by atoms with E-state index < -0.39 is 5.67 Å². The van der Waals surface area contributed by atoms with Gasteiger partial charge in [0.25, 0.3) is 0 Å². The molecule has 15 heavy (non-hydrogen) atoms. The molecule has 0 saturated heterocycles. The van der Waals surface area contributed by atoms with E-state index in [1.165, 1.54) is 19.9 Å². The van der Waals surface area contributed by atoms with E-state index in [9.17, 15) is 9.18 Å². The van der Waals surface area contributed by atoms with Crippen molar-refractivity contribution in [1.82, 2.24) is 0 Å². The van der Waals surface area contributed by atoms with Crippen LogP contribution in [0.4, 0.5) is 4.39 Å². The maximum Gasteiger partial charge on any atom is 0.235 e. The average Bonchev–Trinajstić information content (AvgIpc) is 2.12. The minimum absolute atomic E-state index is 0.273. The topological polar surface area (TPSA) is 29.4 Å². The molecule has 0 bridgehead atoms. The molecule has 0 spiro atoms. The van der Waals surface area contributed by atoms with Gasteiger partial charge in [-0.15, -0.1) is 0 Å². The minimum Gasteiger partial charge on any atom is -0.239 e. The third-order valence-corrected chi connectivity index (χ3v) is 2.66. The number of aliphatic imine (C=N–C) groups is 1. The molecule has 0 atom stereocenters. The highest BCUT2D eigenvalue weighted by Gasteiger charge is 2.21. The maximum absolute atomic E-state index is 13.6. The number of alkyl halides is 1. The zero-order chi connectivity index (χ0) is 11.5. The highest BCUT2D eigenvalue weighted by molar-refractivity contribution is 9.10. The number of rotatable bonds is 3. The Labute approximate surface area is 96.3 Å². The van der Waals surface area contributed by atoms with Crippen LogP contribution in [0.1, 0.15) is 25.0 Å². The Kier molecular flexibility index (Phi) is 3.77. The van der Waals surface area contributed by atoms with Crippen LogP contribution >= 0.6 is 15.9 Å². The molecule has 0 aliphatic heterocycles. The molecule has 1 rings (SSSR count). The van der Waals surface area contributed by atoms with Gasteiger partial charge in [0.05, 0.1) is 6.54 Å². The number of benzene rings is 1. The van der Waals surface area contributed by atoms with Crippen LogP contribution in [-0.4, -0.2) is 6.08 Å². The fourth-order valence-electron chi connectivity index (χ4n) is 1.26. The number of hydrogen-bond donors (Lipinski definition) is 0. The van der Waals surface area contributed by atoms with E-state index in [1.807, 2.05) is 0 Å². The molecule has 0 aliphatic rings. The number of halogens is 2. The normalized spacial score (nSPS) is 10.9. The summed E-state index contributed by atoms with van der Waals surface area (Å²) in [7, 11) is 0. The first-order valence-electron chi connectivity index (χ1n) is 4.46. The lowest BCUT2D eigenvalue weighted by molar-refractivity contribution is 0.220. The summed E-state index contributed by atoms with van der Waals surface area (Å²) >= 11 is 3.29. The van der Waals surface area contributed by atoms with Gasteiger partial charge in [-0.2, -0.15) is 0 Å². The van der Waals surface area contributed by atoms with Crippen molar-refractivity contribution >= 4 is 22.0 Å². The quantitative estimate of drug-likeness (QED) is 0.611. The molecule has 0 saturated carbocycles. The average molecular weight is 272 g/mol. The van der Waals surface area contributed by atoms with Crippen molar-refractivity contribution in [3.63, 3.8) is 0 Å². The molecule has 0 N–H and O–H groups in total. The van der Waals surface area contributed by atoms with Crippen LogP contribution in [0.3, 0.4) is 0 Å². The monoisotopic (exact) mass is 271 g/mol. The Bertz CT molecular complexity index is 406. The molecule has 2 nitrogen and oxygen atoms in total. The van der Waals surface area contributed by atoms with Gasteiger partial charge in [-0.3, -0.25) is 0 Å². The van der Waals surface area contributed by atoms with Gasteiger partial charge >= 0.3 is 0 Å². The number of nitrogens with zero attached hydrogens (tertiary/aromatic N) is 1. The maximum atomic E-state index is 13.6. The van der Waals surface area contributed by atoms with Crippen LogP contribution in [0.25, 0.3) is 0 Å². The van der Waals surface area contributed by atoms with Crippen molar-refractivity contribution in [2.24, 2.45) is 4.99 Å². The van der Waals surface area contributed by atoms with Crippen molar-refractivity contribution < 1.29 is 9.18 Å². The van der Waals surface area contributed by atoms with Gasteiger partial charge in [0.2, 0.25) is 6.08 Å². The summed E-state index contributed by atoms with van der Waals surface area (Å²) in [6.45, 7) is 3.27. The van der Waals surface area contributed by atoms with Crippen LogP contribution < -0.4 is 0 Å². The summed E-state index contributed by atoms with van der Waals surface area (Å²) in [5, 5.41) is 0. The predicted octanol–water partition coefficient (Wildman–Crippen LogP) is 3.49. The molecule has 0 unspecified atom stereocenters. The summed E-state index contributed by atoms with van der Waals surface area (Å²) in [6, 6.07) is 5.21. The smallest absolute Gasteiger partial charge is 0.235 e. The molecule has 1 aromatic carbocycles. The van der Waals surface area contributed by atoms with Crippen LogP contribution in [0.2, 0.25) is 0 Å². The van der Waals surface area contributed by atoms with E-state index in [4.69, 9.17) is 0 Å². The third kappa shape index (κ3) is 3.26. The summed E-state index contributed by atoms with van der Waals surface area (Å²) in [5.74, 6) is 0. The van der Waals surface area contributed by atoms with Crippen molar-refractivity contribution in [2.45, 2.75) is 26.1 Å². The molecule has 0 aromatic heterocycles. The summed E-state index contributed by atoms with van der Waals surface area (Å²) < 4.78 is 14.3. The highest BCUT2D eigenvalue weighted by atomic mass is 79.9. The van der Waals surface area contributed by atoms with Gasteiger partial charge in [-0.1, -0.05) is 28.1 Å². The summed E-state index contributed by atoms with van der Waals surface area (Å²) in [5.41, 5.74) is 0.0465. The Morgan fingerprint density at radius 2 is 2.20 bits per heavy atom. The molecule has 0 heterocycles. The lowest BCUT2D eigenvalue weighted by Gasteiger charge is -2.16. The van der Waals surface area contributed by atoms with E-state index >= 15 is 0 Å². The Hall–Kier alpha value is -0.990. The number of carbonyl (C=O) groups excluding carboxylic acids is 1. The fraction of sp³-hybridized carbons (Fsp3) is 0.364. The van der Waals surface area contributed by atoms with Crippen molar-refractivity contribution in [1.29, 1.82) is 0 Å². The van der Waals surface area contributed by atoms with Gasteiger partial charge in [0.15, 0.2) is 0 Å². The Morgan fingerprint density at radius 1 is 1.53 bits per heavy atom. The van der Waals surface area contributed by atoms with Crippen molar-refractivity contribution in [3.8, 4) is 0 Å². The van der Waals surface area contributed by atoms with E-state index in [0.717, 1.165) is 5.56 Å². The summed E-state index contributed by atoms with van der Waals surface area (Å²) in [4.78, 5) is 13.4. The molecule has 0 amide bonds. The largest absolute Gasteiger partial charge is 0.239 e. The zero-order valence-electron chi connectivity index (χ0n) is 8.55. The van der Waals surface area contributed by atoms with Crippen molar-refractivity contribution in [3.05, 3.63) is 33.8 Å². The van der Waals surface area contributed by atoms with E-state index in [0.29, 0.717) is 10.0 Å². The lowest BCUT2D eigenvalue weighted by atomic mass is 9.99. The molecule has 0 aliphatic carbocycles. The highest BCUT2D eigenvalue weighted by Crippen LogP contribution is 2.31. The third-order valence-electron chi connectivity index (χ3n) is 2.00. The van der Waals surface area contributed by atoms with Crippen LogP contribution in [0.5, 0.6) is 0 Å². The van der Waals surface area contributed by atoms with Crippen LogP contribution in [-0.2, 0) is 17.0 Å². The molecular weight excluding hydrogens is 261 g/mol. The standard InChI is InChI=1S/C11H11BrFNO/c1-11(2,13)9-4-3-8(5-10(9)12)6-14-7-15/h3-5H,6H2,1-2H3. The first-order chi connectivity index (χ1) is 6.95. The molecule has 1 aromatic rings. The molecule has 80 valence electrons. The molecule has 0 radical (unpaired) electrons. The molecule has 0 fully saturated rings. The predicted molar refractivity (Wildman–Crippen MR) is 60.1 cm³/mol. The first-order valence-corrected chi connectivity index (χ1v) is 5.26. The van der Waals surface area contributed by atoms with Gasteiger partial charge < -0.3 is 0 Å². The number of hydrogen-bond acceptors (Lipinski definition) is 2. The second-order valence-corrected chi connectivity index (χ2v) is 4.55. The van der Waals surface area contributed by atoms with Crippen molar-refractivity contribution in [2.75, 3.05) is 0 Å². The minimum atomic E-state index is -1.38. The van der Waals surface area contributed by atoms with Crippen LogP contribution in [0.15, 0.2) is 27.7 Å². The second-order valence-electron chi connectivity index (χ2n) is 3.69. The van der Waals surface area contributed by atoms with Gasteiger partial charge in [-0.25, -0.2) is 14.2 Å². The van der Waals surface area contributed by atoms with Gasteiger partial charge in [0.1, 0.15) is 5.67 Å². The lowest BCUT2D eigenvalue weighted by Crippen LogP contribution is -2.09. The summed E-state index contributed by atoms with van der Waals surface area (Å²) in [6.07, 6.45) is 1.47. The fourth-order valence-corrected chi connectivity index (χ4v) is 2.16. The van der Waals surface area contributed by atoms with Gasteiger partial charge in [-0.05, 0) is 25.5 Å². The zero-order valence-corrected chi connectivity index (χ0v) is 10.1. The van der Waals surface area contributed by atoms with E-state index in [-0.39, 0.29) is 6.54 Å². The van der Waals surface area contributed by atoms with E-state index in [1.54, 1.807) is 18.2 Å². The molecular formula is C11H11BrFNO.